The van der Waals surface area contributed by atoms with Crippen LogP contribution in [0.4, 0.5) is 0 Å². The lowest BCUT2D eigenvalue weighted by Gasteiger charge is -2.24. The van der Waals surface area contributed by atoms with Crippen molar-refractivity contribution in [2.75, 3.05) is 19.8 Å². The van der Waals surface area contributed by atoms with Crippen molar-refractivity contribution in [3.63, 3.8) is 0 Å². The molecule has 0 aliphatic carbocycles. The molecule has 1 saturated heterocycles. The van der Waals surface area contributed by atoms with E-state index in [-0.39, 0.29) is 0 Å². The summed E-state index contributed by atoms with van der Waals surface area (Å²) >= 11 is 0. The minimum Gasteiger partial charge on any atom is -0.352 e. The van der Waals surface area contributed by atoms with E-state index in [1.54, 1.807) is 12.4 Å². The van der Waals surface area contributed by atoms with Crippen LogP contribution in [0.2, 0.25) is 0 Å². The van der Waals surface area contributed by atoms with Gasteiger partial charge < -0.3 is 9.80 Å². The van der Waals surface area contributed by atoms with Gasteiger partial charge in [0.25, 0.3) is 0 Å². The third kappa shape index (κ3) is 5.03. The molecule has 0 unspecified atom stereocenters. The zero-order valence-corrected chi connectivity index (χ0v) is 18.5. The molecular formula is C25H31N5. The second-order valence-electron chi connectivity index (χ2n) is 7.92. The van der Waals surface area contributed by atoms with Crippen molar-refractivity contribution in [2.45, 2.75) is 27.7 Å². The van der Waals surface area contributed by atoms with Crippen molar-refractivity contribution >= 4 is 11.4 Å². The van der Waals surface area contributed by atoms with Crippen LogP contribution in [0.15, 0.2) is 78.3 Å². The zero-order valence-electron chi connectivity index (χ0n) is 18.5. The lowest BCUT2D eigenvalue weighted by atomic mass is 10.0. The van der Waals surface area contributed by atoms with Gasteiger partial charge in [0, 0.05) is 59.4 Å². The first-order valence-corrected chi connectivity index (χ1v) is 10.3. The summed E-state index contributed by atoms with van der Waals surface area (Å²) in [6.45, 7) is 19.6. The quantitative estimate of drug-likeness (QED) is 0.471. The predicted molar refractivity (Wildman–Crippen MR) is 126 cm³/mol. The van der Waals surface area contributed by atoms with Gasteiger partial charge in [0.15, 0.2) is 5.82 Å². The number of hydrogen-bond acceptors (Lipinski definition) is 5. The van der Waals surface area contributed by atoms with Crippen molar-refractivity contribution in [1.29, 1.82) is 0 Å². The minimum absolute atomic E-state index is 0.445. The number of aromatic nitrogens is 2. The summed E-state index contributed by atoms with van der Waals surface area (Å²) in [6.07, 6.45) is 5.59. The average molecular weight is 402 g/mol. The van der Waals surface area contributed by atoms with Crippen molar-refractivity contribution in [2.24, 2.45) is 10.9 Å². The Bertz CT molecular complexity index is 972. The van der Waals surface area contributed by atoms with Gasteiger partial charge in [-0.25, -0.2) is 9.97 Å². The standard InChI is InChI=1S/C25H31N5/c1-18(2)21(5)28-19(3)16-20(4)29-14-15-30(17-29)22(6)23-10-7-8-11-24(23)25-26-12-9-13-27-25/h7-13,16,18H,4,6,14-15,17H2,1-3,5H3/b19-16-,28-21?. The molecule has 2 heterocycles. The molecule has 1 aromatic heterocycles. The fourth-order valence-electron chi connectivity index (χ4n) is 3.35. The van der Waals surface area contributed by atoms with Gasteiger partial charge in [-0.3, -0.25) is 4.99 Å². The number of rotatable bonds is 7. The molecule has 0 radical (unpaired) electrons. The Kier molecular flexibility index (Phi) is 6.83. The first-order chi connectivity index (χ1) is 14.4. The van der Waals surface area contributed by atoms with Crippen molar-refractivity contribution in [3.8, 4) is 11.4 Å². The van der Waals surface area contributed by atoms with Crippen LogP contribution < -0.4 is 0 Å². The van der Waals surface area contributed by atoms with Crippen molar-refractivity contribution < 1.29 is 0 Å². The minimum atomic E-state index is 0.445. The summed E-state index contributed by atoms with van der Waals surface area (Å²) in [4.78, 5) is 18.0. The first kappa shape index (κ1) is 21.5. The third-order valence-electron chi connectivity index (χ3n) is 5.38. The highest BCUT2D eigenvalue weighted by Crippen LogP contribution is 2.29. The zero-order chi connectivity index (χ0) is 21.7. The molecule has 1 fully saturated rings. The lowest BCUT2D eigenvalue weighted by molar-refractivity contribution is 0.367. The molecule has 0 amide bonds. The average Bonchev–Trinajstić information content (AvgIpc) is 3.24. The number of benzene rings is 1. The molecule has 3 rings (SSSR count). The van der Waals surface area contributed by atoms with Gasteiger partial charge in [0.1, 0.15) is 0 Å². The summed E-state index contributed by atoms with van der Waals surface area (Å²) in [7, 11) is 0. The van der Waals surface area contributed by atoms with Crippen LogP contribution in [0.25, 0.3) is 17.1 Å². The monoisotopic (exact) mass is 401 g/mol. The van der Waals surface area contributed by atoms with Crippen LogP contribution in [0.3, 0.4) is 0 Å². The molecule has 0 N–H and O–H groups in total. The fraction of sp³-hybridized carbons (Fsp3) is 0.320. The predicted octanol–water partition coefficient (Wildman–Crippen LogP) is 5.22. The summed E-state index contributed by atoms with van der Waals surface area (Å²) in [6, 6.07) is 9.99. The molecule has 0 bridgehead atoms. The van der Waals surface area contributed by atoms with E-state index < -0.39 is 0 Å². The Morgan fingerprint density at radius 1 is 1.03 bits per heavy atom. The number of nitrogens with zero attached hydrogens (tertiary/aromatic N) is 5. The van der Waals surface area contributed by atoms with E-state index in [4.69, 9.17) is 0 Å². The van der Waals surface area contributed by atoms with Gasteiger partial charge in [0.05, 0.1) is 6.67 Å². The maximum atomic E-state index is 4.68. The van der Waals surface area contributed by atoms with Crippen LogP contribution in [-0.4, -0.2) is 45.2 Å². The maximum absolute atomic E-state index is 4.68. The van der Waals surface area contributed by atoms with E-state index in [1.807, 2.05) is 31.2 Å². The first-order valence-electron chi connectivity index (χ1n) is 10.3. The number of aliphatic imine (C=N–C) groups is 1. The number of hydrogen-bond donors (Lipinski definition) is 0. The molecular weight excluding hydrogens is 370 g/mol. The molecule has 1 aromatic carbocycles. The largest absolute Gasteiger partial charge is 0.352 e. The van der Waals surface area contributed by atoms with Gasteiger partial charge >= 0.3 is 0 Å². The molecule has 30 heavy (non-hydrogen) atoms. The molecule has 2 aromatic rings. The highest BCUT2D eigenvalue weighted by atomic mass is 15.4. The topological polar surface area (TPSA) is 44.6 Å². The Morgan fingerprint density at radius 3 is 2.40 bits per heavy atom. The summed E-state index contributed by atoms with van der Waals surface area (Å²) in [5, 5.41) is 0. The van der Waals surface area contributed by atoms with Crippen LogP contribution in [-0.2, 0) is 0 Å². The van der Waals surface area contributed by atoms with Crippen LogP contribution in [0, 0.1) is 5.92 Å². The van der Waals surface area contributed by atoms with E-state index in [0.29, 0.717) is 11.7 Å². The Balaban J connectivity index is 1.73. The summed E-state index contributed by atoms with van der Waals surface area (Å²) in [5.41, 5.74) is 6.11. The Hall–Kier alpha value is -3.21. The van der Waals surface area contributed by atoms with E-state index in [9.17, 15) is 0 Å². The highest BCUT2D eigenvalue weighted by molar-refractivity contribution is 5.84. The summed E-state index contributed by atoms with van der Waals surface area (Å²) < 4.78 is 0. The SMILES string of the molecule is C=C(/C=C(/C)N=C(C)C(C)C)N1CCN(C(=C)c2ccccc2-c2ncccn2)C1. The Morgan fingerprint density at radius 2 is 1.70 bits per heavy atom. The van der Waals surface area contributed by atoms with Gasteiger partial charge in [-0.05, 0) is 31.9 Å². The molecule has 5 heteroatoms. The van der Waals surface area contributed by atoms with E-state index in [2.05, 4.69) is 70.8 Å². The fourth-order valence-corrected chi connectivity index (χ4v) is 3.35. The highest BCUT2D eigenvalue weighted by Gasteiger charge is 2.23. The van der Waals surface area contributed by atoms with E-state index in [0.717, 1.165) is 53.7 Å². The van der Waals surface area contributed by atoms with E-state index >= 15 is 0 Å². The summed E-state index contributed by atoms with van der Waals surface area (Å²) in [5.74, 6) is 1.16. The second-order valence-corrected chi connectivity index (χ2v) is 7.92. The van der Waals surface area contributed by atoms with Gasteiger partial charge in [0.2, 0.25) is 0 Å². The van der Waals surface area contributed by atoms with Gasteiger partial charge in [-0.1, -0.05) is 51.3 Å². The molecule has 0 spiro atoms. The van der Waals surface area contributed by atoms with Crippen molar-refractivity contribution in [3.05, 3.63) is 78.9 Å². The molecule has 1 aliphatic heterocycles. The van der Waals surface area contributed by atoms with E-state index in [1.165, 1.54) is 0 Å². The van der Waals surface area contributed by atoms with Crippen LogP contribution in [0.5, 0.6) is 0 Å². The third-order valence-corrected chi connectivity index (χ3v) is 5.38. The van der Waals surface area contributed by atoms with Crippen molar-refractivity contribution in [1.82, 2.24) is 19.8 Å². The molecule has 5 nitrogen and oxygen atoms in total. The number of allylic oxidation sites excluding steroid dienone is 2. The molecule has 0 saturated carbocycles. The normalized spacial score (nSPS) is 15.1. The molecule has 0 atom stereocenters. The van der Waals surface area contributed by atoms with Gasteiger partial charge in [-0.2, -0.15) is 0 Å². The smallest absolute Gasteiger partial charge is 0.159 e. The van der Waals surface area contributed by atoms with Gasteiger partial charge in [-0.15, -0.1) is 0 Å². The lowest BCUT2D eigenvalue weighted by Crippen LogP contribution is -2.23. The Labute approximate surface area is 180 Å². The van der Waals surface area contributed by atoms with Crippen LogP contribution in [0.1, 0.15) is 33.3 Å². The molecule has 156 valence electrons. The molecule has 1 aliphatic rings. The second kappa shape index (κ2) is 9.53. The van der Waals surface area contributed by atoms with Crippen LogP contribution >= 0.6 is 0 Å². The maximum Gasteiger partial charge on any atom is 0.159 e.